The summed E-state index contributed by atoms with van der Waals surface area (Å²) in [6.45, 7) is 5.29. The maximum Gasteiger partial charge on any atom is 0.338 e. The molecule has 0 heterocycles. The zero-order chi connectivity index (χ0) is 23.2. The fraction of sp³-hybridized carbons (Fsp3) is 0.348. The molecule has 0 unspecified atom stereocenters. The van der Waals surface area contributed by atoms with Crippen molar-refractivity contribution in [1.29, 1.82) is 0 Å². The van der Waals surface area contributed by atoms with Crippen molar-refractivity contribution in [1.82, 2.24) is 5.32 Å². The number of hydrogen-bond acceptors (Lipinski definition) is 5. The highest BCUT2D eigenvalue weighted by Crippen LogP contribution is 2.14. The van der Waals surface area contributed by atoms with Crippen LogP contribution >= 0.6 is 0 Å². The number of ether oxygens (including phenoxy) is 2. The molecule has 0 aliphatic heterocycles. The van der Waals surface area contributed by atoms with E-state index in [1.165, 1.54) is 13.2 Å². The lowest BCUT2D eigenvalue weighted by Crippen LogP contribution is -2.43. The van der Waals surface area contributed by atoms with Gasteiger partial charge in [-0.2, -0.15) is 0 Å². The Labute approximate surface area is 179 Å². The molecule has 0 saturated carbocycles. The van der Waals surface area contributed by atoms with Gasteiger partial charge >= 0.3 is 11.9 Å². The Kier molecular flexibility index (Phi) is 7.85. The van der Waals surface area contributed by atoms with Gasteiger partial charge < -0.3 is 14.8 Å². The number of hydrogen-bond donors (Lipinski definition) is 1. The van der Waals surface area contributed by atoms with E-state index < -0.39 is 41.1 Å². The molecule has 1 atom stereocenters. The number of rotatable bonds is 7. The molecule has 0 fully saturated rings. The highest BCUT2D eigenvalue weighted by atomic mass is 19.1. The minimum absolute atomic E-state index is 0.00392. The SMILES string of the molecule is COC(=O)[C@H](Cc1ccc(C(=O)OC(C)(C)C)cc1)NC(=O)Cc1ccc(F)cc1F. The Balaban J connectivity index is 2.06. The topological polar surface area (TPSA) is 81.7 Å². The Morgan fingerprint density at radius 2 is 1.68 bits per heavy atom. The van der Waals surface area contributed by atoms with Crippen LogP contribution in [0.3, 0.4) is 0 Å². The molecule has 6 nitrogen and oxygen atoms in total. The van der Waals surface area contributed by atoms with E-state index in [0.29, 0.717) is 17.2 Å². The first-order chi connectivity index (χ1) is 14.5. The fourth-order valence-electron chi connectivity index (χ4n) is 2.77. The summed E-state index contributed by atoms with van der Waals surface area (Å²) in [5, 5.41) is 2.51. The Hall–Kier alpha value is -3.29. The highest BCUT2D eigenvalue weighted by molar-refractivity contribution is 5.90. The van der Waals surface area contributed by atoms with Crippen LogP contribution < -0.4 is 5.32 Å². The van der Waals surface area contributed by atoms with Crippen molar-refractivity contribution >= 4 is 17.8 Å². The highest BCUT2D eigenvalue weighted by Gasteiger charge is 2.23. The predicted octanol–water partition coefficient (Wildman–Crippen LogP) is 3.36. The first-order valence-electron chi connectivity index (χ1n) is 9.62. The first kappa shape index (κ1) is 24.0. The van der Waals surface area contributed by atoms with Gasteiger partial charge in [0, 0.05) is 12.5 Å². The lowest BCUT2D eigenvalue weighted by Gasteiger charge is -2.20. The van der Waals surface area contributed by atoms with Gasteiger partial charge in [0.1, 0.15) is 23.3 Å². The third-order valence-corrected chi connectivity index (χ3v) is 4.22. The summed E-state index contributed by atoms with van der Waals surface area (Å²) < 4.78 is 36.8. The van der Waals surface area contributed by atoms with Gasteiger partial charge in [-0.3, -0.25) is 4.79 Å². The van der Waals surface area contributed by atoms with E-state index in [4.69, 9.17) is 9.47 Å². The van der Waals surface area contributed by atoms with Crippen molar-refractivity contribution < 1.29 is 32.6 Å². The lowest BCUT2D eigenvalue weighted by molar-refractivity contribution is -0.145. The molecule has 1 N–H and O–H groups in total. The molecule has 2 rings (SSSR count). The van der Waals surface area contributed by atoms with Crippen LogP contribution in [0.5, 0.6) is 0 Å². The van der Waals surface area contributed by atoms with E-state index in [0.717, 1.165) is 6.07 Å². The molecule has 0 bridgehead atoms. The molecule has 0 aliphatic rings. The number of carbonyl (C=O) groups is 3. The molecule has 31 heavy (non-hydrogen) atoms. The maximum absolute atomic E-state index is 13.8. The summed E-state index contributed by atoms with van der Waals surface area (Å²) >= 11 is 0. The number of benzene rings is 2. The van der Waals surface area contributed by atoms with Crippen molar-refractivity contribution in [3.05, 3.63) is 70.8 Å². The Bertz CT molecular complexity index is 951. The van der Waals surface area contributed by atoms with Crippen molar-refractivity contribution in [2.24, 2.45) is 0 Å². The molecule has 0 aromatic heterocycles. The molecule has 166 valence electrons. The number of halogens is 2. The Morgan fingerprint density at radius 3 is 2.23 bits per heavy atom. The minimum Gasteiger partial charge on any atom is -0.467 e. The van der Waals surface area contributed by atoms with Crippen LogP contribution in [-0.4, -0.2) is 36.6 Å². The second kappa shape index (κ2) is 10.1. The van der Waals surface area contributed by atoms with E-state index in [1.807, 2.05) is 0 Å². The van der Waals surface area contributed by atoms with Gasteiger partial charge in [0.2, 0.25) is 5.91 Å². The second-order valence-corrected chi connectivity index (χ2v) is 7.96. The molecular weight excluding hydrogens is 408 g/mol. The van der Waals surface area contributed by atoms with E-state index in [2.05, 4.69) is 5.32 Å². The fourth-order valence-corrected chi connectivity index (χ4v) is 2.77. The molecule has 0 radical (unpaired) electrons. The van der Waals surface area contributed by atoms with Crippen molar-refractivity contribution in [3.63, 3.8) is 0 Å². The van der Waals surface area contributed by atoms with Crippen LogP contribution in [0, 0.1) is 11.6 Å². The van der Waals surface area contributed by atoms with Crippen molar-refractivity contribution in [2.45, 2.75) is 45.3 Å². The minimum atomic E-state index is -1.02. The third-order valence-electron chi connectivity index (χ3n) is 4.22. The number of methoxy groups -OCH3 is 1. The smallest absolute Gasteiger partial charge is 0.338 e. The van der Waals surface area contributed by atoms with Crippen molar-refractivity contribution in [2.75, 3.05) is 7.11 Å². The monoisotopic (exact) mass is 433 g/mol. The number of amides is 1. The van der Waals surface area contributed by atoms with Gasteiger partial charge in [0.15, 0.2) is 0 Å². The molecule has 0 saturated heterocycles. The number of carbonyl (C=O) groups excluding carboxylic acids is 3. The van der Waals surface area contributed by atoms with Gasteiger partial charge in [-0.1, -0.05) is 18.2 Å². The van der Waals surface area contributed by atoms with Gasteiger partial charge in [-0.25, -0.2) is 18.4 Å². The number of nitrogens with one attached hydrogen (secondary N) is 1. The predicted molar refractivity (Wildman–Crippen MR) is 109 cm³/mol. The summed E-state index contributed by atoms with van der Waals surface area (Å²) in [5.41, 5.74) is 0.393. The summed E-state index contributed by atoms with van der Waals surface area (Å²) in [4.78, 5) is 36.5. The molecule has 8 heteroatoms. The average molecular weight is 433 g/mol. The lowest BCUT2D eigenvalue weighted by atomic mass is 10.0. The van der Waals surface area contributed by atoms with Gasteiger partial charge in [-0.15, -0.1) is 0 Å². The summed E-state index contributed by atoms with van der Waals surface area (Å²) in [6.07, 6.45) is -0.268. The maximum atomic E-state index is 13.8. The van der Waals surface area contributed by atoms with Crippen LogP contribution in [0.25, 0.3) is 0 Å². The molecule has 2 aromatic carbocycles. The number of esters is 2. The molecule has 1 amide bonds. The normalized spacial score (nSPS) is 12.1. The van der Waals surface area contributed by atoms with Crippen molar-refractivity contribution in [3.8, 4) is 0 Å². The average Bonchev–Trinajstić information content (AvgIpc) is 2.68. The molecular formula is C23H25F2NO5. The molecule has 2 aromatic rings. The Morgan fingerprint density at radius 1 is 1.03 bits per heavy atom. The van der Waals surface area contributed by atoms with Crippen LogP contribution in [0.2, 0.25) is 0 Å². The zero-order valence-corrected chi connectivity index (χ0v) is 17.8. The summed E-state index contributed by atoms with van der Waals surface area (Å²) in [5.74, 6) is -3.36. The van der Waals surface area contributed by atoms with Crippen LogP contribution in [0.1, 0.15) is 42.3 Å². The quantitative estimate of drug-likeness (QED) is 0.678. The van der Waals surface area contributed by atoms with E-state index in [9.17, 15) is 23.2 Å². The molecule has 0 spiro atoms. The first-order valence-corrected chi connectivity index (χ1v) is 9.62. The van der Waals surface area contributed by atoms with Crippen LogP contribution in [-0.2, 0) is 31.9 Å². The van der Waals surface area contributed by atoms with Crippen LogP contribution in [0.15, 0.2) is 42.5 Å². The zero-order valence-electron chi connectivity index (χ0n) is 17.8. The third kappa shape index (κ3) is 7.47. The largest absolute Gasteiger partial charge is 0.467 e. The standard InChI is InChI=1S/C23H25F2NO5/c1-23(2,3)31-21(28)15-7-5-14(6-8-15)11-19(22(29)30-4)26-20(27)12-16-9-10-17(24)13-18(16)25/h5-10,13,19H,11-12H2,1-4H3,(H,26,27)/t19-/m0/s1. The second-order valence-electron chi connectivity index (χ2n) is 7.96. The van der Waals surface area contributed by atoms with Gasteiger partial charge in [0.25, 0.3) is 0 Å². The van der Waals surface area contributed by atoms with Gasteiger partial charge in [-0.05, 0) is 50.1 Å². The summed E-state index contributed by atoms with van der Waals surface area (Å²) in [6, 6.07) is 8.30. The van der Waals surface area contributed by atoms with Crippen LogP contribution in [0.4, 0.5) is 8.78 Å². The molecule has 0 aliphatic carbocycles. The van der Waals surface area contributed by atoms with E-state index >= 15 is 0 Å². The van der Waals surface area contributed by atoms with E-state index in [-0.39, 0.29) is 18.4 Å². The van der Waals surface area contributed by atoms with E-state index in [1.54, 1.807) is 45.0 Å². The van der Waals surface area contributed by atoms with Gasteiger partial charge in [0.05, 0.1) is 19.1 Å². The summed E-state index contributed by atoms with van der Waals surface area (Å²) in [7, 11) is 1.19.